The van der Waals surface area contributed by atoms with E-state index in [0.717, 1.165) is 29.2 Å². The fourth-order valence-corrected chi connectivity index (χ4v) is 4.17. The summed E-state index contributed by atoms with van der Waals surface area (Å²) in [4.78, 5) is 18.2. The van der Waals surface area contributed by atoms with Crippen LogP contribution >= 0.6 is 11.3 Å². The number of carbonyl (C=O) groups is 1. The average Bonchev–Trinajstić information content (AvgIpc) is 3.13. The van der Waals surface area contributed by atoms with Gasteiger partial charge in [-0.05, 0) is 43.7 Å². The van der Waals surface area contributed by atoms with Gasteiger partial charge in [0.25, 0.3) is 0 Å². The Hall–Kier alpha value is -2.14. The van der Waals surface area contributed by atoms with Gasteiger partial charge in [0, 0.05) is 16.1 Å². The first-order valence-corrected chi connectivity index (χ1v) is 8.35. The van der Waals surface area contributed by atoms with Crippen LogP contribution in [0.25, 0.3) is 10.9 Å². The van der Waals surface area contributed by atoms with Crippen LogP contribution in [0.1, 0.15) is 22.7 Å². The standard InChI is InChI=1S/C17H17N3OS/c1-11-9-12-5-2-3-7-14(12)20(11)10-16(21)19-17-18-13-6-4-8-15(13)22-17/h2-3,5,7,9H,4,6,8,10H2,1H3,(H,18,19,21). The highest BCUT2D eigenvalue weighted by Gasteiger charge is 2.18. The predicted octanol–water partition coefficient (Wildman–Crippen LogP) is 3.53. The summed E-state index contributed by atoms with van der Waals surface area (Å²) in [7, 11) is 0. The minimum absolute atomic E-state index is 0.0168. The van der Waals surface area contributed by atoms with Gasteiger partial charge in [-0.15, -0.1) is 11.3 Å². The van der Waals surface area contributed by atoms with E-state index in [1.165, 1.54) is 22.4 Å². The molecule has 0 bridgehead atoms. The molecule has 0 spiro atoms. The van der Waals surface area contributed by atoms with Crippen LogP contribution in [-0.4, -0.2) is 15.5 Å². The van der Waals surface area contributed by atoms with Gasteiger partial charge in [-0.1, -0.05) is 18.2 Å². The van der Waals surface area contributed by atoms with Crippen molar-refractivity contribution in [1.29, 1.82) is 0 Å². The number of hydrogen-bond acceptors (Lipinski definition) is 3. The summed E-state index contributed by atoms with van der Waals surface area (Å²) in [6.45, 7) is 2.36. The summed E-state index contributed by atoms with van der Waals surface area (Å²) in [5, 5.41) is 4.86. The first-order valence-electron chi connectivity index (χ1n) is 7.54. The van der Waals surface area contributed by atoms with Crippen molar-refractivity contribution in [2.24, 2.45) is 0 Å². The zero-order valence-corrected chi connectivity index (χ0v) is 13.2. The van der Waals surface area contributed by atoms with E-state index in [0.29, 0.717) is 6.54 Å². The predicted molar refractivity (Wildman–Crippen MR) is 89.4 cm³/mol. The Morgan fingerprint density at radius 2 is 2.23 bits per heavy atom. The first kappa shape index (κ1) is 13.5. The number of hydrogen-bond donors (Lipinski definition) is 1. The summed E-state index contributed by atoms with van der Waals surface area (Å²) >= 11 is 1.62. The lowest BCUT2D eigenvalue weighted by atomic mass is 10.2. The molecule has 1 aromatic carbocycles. The molecule has 0 atom stereocenters. The van der Waals surface area contributed by atoms with Crippen molar-refractivity contribution in [2.75, 3.05) is 5.32 Å². The van der Waals surface area contributed by atoms with Gasteiger partial charge in [-0.2, -0.15) is 0 Å². The highest BCUT2D eigenvalue weighted by Crippen LogP contribution is 2.30. The maximum Gasteiger partial charge on any atom is 0.246 e. The van der Waals surface area contributed by atoms with E-state index in [-0.39, 0.29) is 5.91 Å². The number of nitrogens with zero attached hydrogens (tertiary/aromatic N) is 2. The molecule has 1 amide bonds. The lowest BCUT2D eigenvalue weighted by Crippen LogP contribution is -2.19. The van der Waals surface area contributed by atoms with Crippen molar-refractivity contribution in [3.05, 3.63) is 46.6 Å². The van der Waals surface area contributed by atoms with Crippen molar-refractivity contribution in [3.8, 4) is 0 Å². The Morgan fingerprint density at radius 1 is 1.36 bits per heavy atom. The molecule has 3 aromatic rings. The Kier molecular flexibility index (Phi) is 3.22. The van der Waals surface area contributed by atoms with Crippen LogP contribution in [0.2, 0.25) is 0 Å². The third kappa shape index (κ3) is 2.31. The molecule has 4 rings (SSSR count). The minimum atomic E-state index is -0.0168. The number of thiazole rings is 1. The molecular weight excluding hydrogens is 294 g/mol. The number of para-hydroxylation sites is 1. The molecule has 2 aromatic heterocycles. The van der Waals surface area contributed by atoms with Crippen LogP contribution in [-0.2, 0) is 24.2 Å². The molecule has 22 heavy (non-hydrogen) atoms. The van der Waals surface area contributed by atoms with Gasteiger partial charge in [-0.3, -0.25) is 4.79 Å². The van der Waals surface area contributed by atoms with Crippen LogP contribution in [0, 0.1) is 6.92 Å². The van der Waals surface area contributed by atoms with Crippen LogP contribution in [0.5, 0.6) is 0 Å². The van der Waals surface area contributed by atoms with Gasteiger partial charge in [0.2, 0.25) is 5.91 Å². The molecule has 0 saturated heterocycles. The number of amides is 1. The normalized spacial score (nSPS) is 13.5. The Labute approximate surface area is 132 Å². The quantitative estimate of drug-likeness (QED) is 0.804. The topological polar surface area (TPSA) is 46.9 Å². The Balaban J connectivity index is 1.54. The van der Waals surface area contributed by atoms with Crippen molar-refractivity contribution in [3.63, 3.8) is 0 Å². The maximum absolute atomic E-state index is 12.3. The van der Waals surface area contributed by atoms with Crippen molar-refractivity contribution in [2.45, 2.75) is 32.7 Å². The molecular formula is C17H17N3OS. The second-order valence-electron chi connectivity index (χ2n) is 5.72. The molecule has 112 valence electrons. The number of nitrogens with one attached hydrogen (secondary N) is 1. The average molecular weight is 311 g/mol. The van der Waals surface area contributed by atoms with Gasteiger partial charge < -0.3 is 9.88 Å². The van der Waals surface area contributed by atoms with E-state index < -0.39 is 0 Å². The van der Waals surface area contributed by atoms with E-state index in [1.54, 1.807) is 11.3 Å². The third-order valence-corrected chi connectivity index (χ3v) is 5.23. The van der Waals surface area contributed by atoms with E-state index in [4.69, 9.17) is 0 Å². The van der Waals surface area contributed by atoms with Gasteiger partial charge in [0.1, 0.15) is 6.54 Å². The minimum Gasteiger partial charge on any atom is -0.335 e. The molecule has 4 nitrogen and oxygen atoms in total. The zero-order chi connectivity index (χ0) is 15.1. The Bertz CT molecular complexity index is 841. The molecule has 1 N–H and O–H groups in total. The Morgan fingerprint density at radius 3 is 3.09 bits per heavy atom. The third-order valence-electron chi connectivity index (χ3n) is 4.16. The lowest BCUT2D eigenvalue weighted by molar-refractivity contribution is -0.116. The van der Waals surface area contributed by atoms with E-state index >= 15 is 0 Å². The van der Waals surface area contributed by atoms with Crippen molar-refractivity contribution in [1.82, 2.24) is 9.55 Å². The van der Waals surface area contributed by atoms with Crippen LogP contribution in [0.15, 0.2) is 30.3 Å². The molecule has 1 aliphatic carbocycles. The summed E-state index contributed by atoms with van der Waals surface area (Å²) in [6.07, 6.45) is 3.34. The van der Waals surface area contributed by atoms with Gasteiger partial charge in [0.15, 0.2) is 5.13 Å². The number of carbonyl (C=O) groups excluding carboxylic acids is 1. The van der Waals surface area contributed by atoms with Gasteiger partial charge in [0.05, 0.1) is 5.69 Å². The fourth-order valence-electron chi connectivity index (χ4n) is 3.10. The number of aromatic nitrogens is 2. The lowest BCUT2D eigenvalue weighted by Gasteiger charge is -2.07. The molecule has 1 aliphatic rings. The summed E-state index contributed by atoms with van der Waals surface area (Å²) in [5.74, 6) is -0.0168. The summed E-state index contributed by atoms with van der Waals surface area (Å²) in [6, 6.07) is 10.3. The van der Waals surface area contributed by atoms with E-state index in [9.17, 15) is 4.79 Å². The number of anilines is 1. The van der Waals surface area contributed by atoms with E-state index in [1.807, 2.05) is 29.7 Å². The fraction of sp³-hybridized carbons (Fsp3) is 0.294. The number of benzene rings is 1. The number of rotatable bonds is 3. The van der Waals surface area contributed by atoms with Crippen molar-refractivity contribution < 1.29 is 4.79 Å². The molecule has 0 radical (unpaired) electrons. The maximum atomic E-state index is 12.3. The molecule has 0 fully saturated rings. The number of aryl methyl sites for hydroxylation is 3. The molecule has 2 heterocycles. The van der Waals surface area contributed by atoms with Gasteiger partial charge >= 0.3 is 0 Å². The SMILES string of the molecule is Cc1cc2ccccc2n1CC(=O)Nc1nc2c(s1)CCC2. The smallest absolute Gasteiger partial charge is 0.246 e. The highest BCUT2D eigenvalue weighted by atomic mass is 32.1. The zero-order valence-electron chi connectivity index (χ0n) is 12.4. The summed E-state index contributed by atoms with van der Waals surface area (Å²) in [5.41, 5.74) is 3.36. The summed E-state index contributed by atoms with van der Waals surface area (Å²) < 4.78 is 2.05. The van der Waals surface area contributed by atoms with Crippen LogP contribution < -0.4 is 5.32 Å². The highest BCUT2D eigenvalue weighted by molar-refractivity contribution is 7.15. The molecule has 5 heteroatoms. The van der Waals surface area contributed by atoms with Crippen LogP contribution in [0.3, 0.4) is 0 Å². The molecule has 0 unspecified atom stereocenters. The van der Waals surface area contributed by atoms with Crippen molar-refractivity contribution >= 4 is 33.3 Å². The largest absolute Gasteiger partial charge is 0.335 e. The molecule has 0 aliphatic heterocycles. The molecule has 0 saturated carbocycles. The van der Waals surface area contributed by atoms with Gasteiger partial charge in [-0.25, -0.2) is 4.98 Å². The van der Waals surface area contributed by atoms with Crippen LogP contribution in [0.4, 0.5) is 5.13 Å². The number of fused-ring (bicyclic) bond motifs is 2. The van der Waals surface area contributed by atoms with E-state index in [2.05, 4.69) is 22.4 Å². The monoisotopic (exact) mass is 311 g/mol. The second-order valence-corrected chi connectivity index (χ2v) is 6.80. The first-order chi connectivity index (χ1) is 10.7. The second kappa shape index (κ2) is 5.25.